The normalized spacial score (nSPS) is 13.1. The van der Waals surface area contributed by atoms with Gasteiger partial charge in [-0.2, -0.15) is 0 Å². The van der Waals surface area contributed by atoms with Gasteiger partial charge in [-0.15, -0.1) is 0 Å². The molecule has 21 heavy (non-hydrogen) atoms. The summed E-state index contributed by atoms with van der Waals surface area (Å²) >= 11 is 6.05. The molecule has 1 N–H and O–H groups in total. The molecule has 0 atom stereocenters. The summed E-state index contributed by atoms with van der Waals surface area (Å²) in [5.41, 5.74) is 3.36. The first-order valence-corrected chi connectivity index (χ1v) is 7.31. The Morgan fingerprint density at radius 3 is 2.52 bits per heavy atom. The van der Waals surface area contributed by atoms with Gasteiger partial charge in [0.1, 0.15) is 6.54 Å². The van der Waals surface area contributed by atoms with E-state index >= 15 is 0 Å². The van der Waals surface area contributed by atoms with Gasteiger partial charge in [0.15, 0.2) is 0 Å². The van der Waals surface area contributed by atoms with Crippen molar-refractivity contribution in [2.75, 3.05) is 11.9 Å². The van der Waals surface area contributed by atoms with Gasteiger partial charge in [0, 0.05) is 16.1 Å². The van der Waals surface area contributed by atoms with Gasteiger partial charge < -0.3 is 5.32 Å². The Balaban J connectivity index is 0.000000774. The van der Waals surface area contributed by atoms with Crippen molar-refractivity contribution in [3.63, 3.8) is 0 Å². The van der Waals surface area contributed by atoms with E-state index in [-0.39, 0.29) is 12.5 Å². The molecule has 3 nitrogen and oxygen atoms in total. The molecule has 3 rings (SSSR count). The van der Waals surface area contributed by atoms with Crippen molar-refractivity contribution in [2.24, 2.45) is 4.99 Å². The van der Waals surface area contributed by atoms with E-state index in [9.17, 15) is 4.79 Å². The summed E-state index contributed by atoms with van der Waals surface area (Å²) in [6.07, 6.45) is 0. The number of nitrogens with one attached hydrogen (secondary N) is 1. The minimum Gasteiger partial charge on any atom is -0.324 e. The molecule has 0 fully saturated rings. The van der Waals surface area contributed by atoms with Crippen LogP contribution in [-0.4, -0.2) is 18.2 Å². The van der Waals surface area contributed by atoms with Crippen molar-refractivity contribution >= 4 is 28.9 Å². The first kappa shape index (κ1) is 15.3. The highest BCUT2D eigenvalue weighted by Gasteiger charge is 2.17. The van der Waals surface area contributed by atoms with Gasteiger partial charge in [-0.3, -0.25) is 9.79 Å². The van der Waals surface area contributed by atoms with E-state index < -0.39 is 0 Å². The number of carbonyl (C=O) groups is 1. The van der Waals surface area contributed by atoms with E-state index in [0.29, 0.717) is 5.02 Å². The average molecular weight is 301 g/mol. The van der Waals surface area contributed by atoms with Crippen LogP contribution in [0.3, 0.4) is 0 Å². The highest BCUT2D eigenvalue weighted by Crippen LogP contribution is 2.25. The molecule has 0 aliphatic carbocycles. The molecule has 0 unspecified atom stereocenters. The van der Waals surface area contributed by atoms with E-state index in [1.54, 1.807) is 12.1 Å². The Labute approximate surface area is 129 Å². The number of aliphatic imine (C=N–C) groups is 1. The van der Waals surface area contributed by atoms with Gasteiger partial charge in [-0.05, 0) is 18.2 Å². The van der Waals surface area contributed by atoms with Crippen LogP contribution in [0, 0.1) is 0 Å². The molecule has 1 aliphatic rings. The number of amides is 1. The van der Waals surface area contributed by atoms with Crippen molar-refractivity contribution in [1.29, 1.82) is 0 Å². The maximum Gasteiger partial charge on any atom is 0.246 e. The molecule has 0 aromatic heterocycles. The first-order chi connectivity index (χ1) is 10.2. The third-order valence-electron chi connectivity index (χ3n) is 2.94. The van der Waals surface area contributed by atoms with E-state index in [2.05, 4.69) is 10.3 Å². The highest BCUT2D eigenvalue weighted by molar-refractivity contribution is 6.31. The highest BCUT2D eigenvalue weighted by atomic mass is 35.5. The summed E-state index contributed by atoms with van der Waals surface area (Å²) in [6.45, 7) is 4.12. The van der Waals surface area contributed by atoms with Gasteiger partial charge in [0.05, 0.1) is 11.4 Å². The molecule has 108 valence electrons. The molecule has 0 spiro atoms. The van der Waals surface area contributed by atoms with Crippen molar-refractivity contribution in [2.45, 2.75) is 13.8 Å². The van der Waals surface area contributed by atoms with E-state index in [1.165, 1.54) is 0 Å². The van der Waals surface area contributed by atoms with Crippen molar-refractivity contribution in [3.8, 4) is 0 Å². The molecular formula is C17H17ClN2O. The molecule has 0 bridgehead atoms. The summed E-state index contributed by atoms with van der Waals surface area (Å²) in [7, 11) is 0. The zero-order chi connectivity index (χ0) is 15.2. The van der Waals surface area contributed by atoms with Gasteiger partial charge in [-0.1, -0.05) is 55.8 Å². The van der Waals surface area contributed by atoms with Crippen LogP contribution in [-0.2, 0) is 4.79 Å². The third-order valence-corrected chi connectivity index (χ3v) is 3.17. The SMILES string of the molecule is CC.O=C1CN=C(c2ccccc2)c2cc(Cl)ccc2N1. The lowest BCUT2D eigenvalue weighted by molar-refractivity contribution is -0.114. The minimum absolute atomic E-state index is 0.116. The number of hydrogen-bond acceptors (Lipinski definition) is 2. The van der Waals surface area contributed by atoms with Crippen molar-refractivity contribution < 1.29 is 4.79 Å². The first-order valence-electron chi connectivity index (χ1n) is 6.94. The number of anilines is 1. The van der Waals surface area contributed by atoms with E-state index in [0.717, 1.165) is 22.5 Å². The van der Waals surface area contributed by atoms with Crippen LogP contribution < -0.4 is 5.32 Å². The van der Waals surface area contributed by atoms with Crippen LogP contribution in [0.4, 0.5) is 5.69 Å². The number of rotatable bonds is 1. The van der Waals surface area contributed by atoms with Crippen LogP contribution in [0.2, 0.25) is 5.02 Å². The molecule has 2 aromatic carbocycles. The fourth-order valence-electron chi connectivity index (χ4n) is 2.09. The molecular weight excluding hydrogens is 284 g/mol. The lowest BCUT2D eigenvalue weighted by Gasteiger charge is -2.10. The van der Waals surface area contributed by atoms with E-state index in [1.807, 2.05) is 50.2 Å². The lowest BCUT2D eigenvalue weighted by Crippen LogP contribution is -2.13. The van der Waals surface area contributed by atoms with Crippen LogP contribution in [0.1, 0.15) is 25.0 Å². The smallest absolute Gasteiger partial charge is 0.246 e. The Morgan fingerprint density at radius 1 is 1.10 bits per heavy atom. The summed E-state index contributed by atoms with van der Waals surface area (Å²) in [5, 5.41) is 3.46. The van der Waals surface area contributed by atoms with Crippen LogP contribution >= 0.6 is 11.6 Å². The van der Waals surface area contributed by atoms with E-state index in [4.69, 9.17) is 11.6 Å². The molecule has 2 aromatic rings. The molecule has 1 heterocycles. The topological polar surface area (TPSA) is 41.5 Å². The molecule has 4 heteroatoms. The number of carbonyl (C=O) groups excluding carboxylic acids is 1. The Bertz CT molecular complexity index is 666. The van der Waals surface area contributed by atoms with Crippen LogP contribution in [0.15, 0.2) is 53.5 Å². The predicted molar refractivity (Wildman–Crippen MR) is 88.4 cm³/mol. The predicted octanol–water partition coefficient (Wildman–Crippen LogP) is 4.16. The van der Waals surface area contributed by atoms with Gasteiger partial charge in [-0.25, -0.2) is 0 Å². The second kappa shape index (κ2) is 7.04. The largest absolute Gasteiger partial charge is 0.324 e. The summed E-state index contributed by atoms with van der Waals surface area (Å²) in [5.74, 6) is -0.116. The molecule has 0 saturated heterocycles. The van der Waals surface area contributed by atoms with Gasteiger partial charge in [0.2, 0.25) is 5.91 Å². The second-order valence-electron chi connectivity index (χ2n) is 4.27. The van der Waals surface area contributed by atoms with Crippen molar-refractivity contribution in [3.05, 3.63) is 64.7 Å². The monoisotopic (exact) mass is 300 g/mol. The maximum absolute atomic E-state index is 11.7. The minimum atomic E-state index is -0.116. The number of halogens is 1. The Hall–Kier alpha value is -2.13. The summed E-state index contributed by atoms with van der Waals surface area (Å²) in [4.78, 5) is 16.1. The Morgan fingerprint density at radius 2 is 1.81 bits per heavy atom. The number of nitrogens with zero attached hydrogens (tertiary/aromatic N) is 1. The van der Waals surface area contributed by atoms with Crippen molar-refractivity contribution in [1.82, 2.24) is 0 Å². The summed E-state index contributed by atoms with van der Waals surface area (Å²) in [6, 6.07) is 15.2. The molecule has 0 radical (unpaired) electrons. The second-order valence-corrected chi connectivity index (χ2v) is 4.71. The fraction of sp³-hybridized carbons (Fsp3) is 0.176. The lowest BCUT2D eigenvalue weighted by atomic mass is 10.0. The quantitative estimate of drug-likeness (QED) is 0.844. The molecule has 1 amide bonds. The van der Waals surface area contributed by atoms with Crippen LogP contribution in [0.25, 0.3) is 0 Å². The molecule has 1 aliphatic heterocycles. The Kier molecular flexibility index (Phi) is 5.12. The number of benzodiazepines with no additional fused rings is 1. The van der Waals surface area contributed by atoms with Crippen LogP contribution in [0.5, 0.6) is 0 Å². The fourth-order valence-corrected chi connectivity index (χ4v) is 2.26. The zero-order valence-electron chi connectivity index (χ0n) is 12.1. The molecule has 0 saturated carbocycles. The van der Waals surface area contributed by atoms with Gasteiger partial charge in [0.25, 0.3) is 0 Å². The number of fused-ring (bicyclic) bond motifs is 1. The standard InChI is InChI=1S/C15H11ClN2O.C2H6/c16-11-6-7-13-12(8-11)15(17-9-14(19)18-13)10-4-2-1-3-5-10;1-2/h1-8H,9H2,(H,18,19);1-2H3. The number of hydrogen-bond donors (Lipinski definition) is 1. The third kappa shape index (κ3) is 3.50. The zero-order valence-corrected chi connectivity index (χ0v) is 12.8. The number of benzene rings is 2. The van der Waals surface area contributed by atoms with Gasteiger partial charge >= 0.3 is 0 Å². The maximum atomic E-state index is 11.7. The average Bonchev–Trinajstić information content (AvgIpc) is 2.68. The summed E-state index contributed by atoms with van der Waals surface area (Å²) < 4.78 is 0.